The largest absolute Gasteiger partial charge is 0.496 e. The lowest BCUT2D eigenvalue weighted by Crippen LogP contribution is -2.18. The maximum Gasteiger partial charge on any atom is 0.420 e. The molecule has 0 atom stereocenters. The van der Waals surface area contributed by atoms with E-state index in [1.807, 2.05) is 0 Å². The van der Waals surface area contributed by atoms with E-state index in [1.54, 1.807) is 45.0 Å². The quantitative estimate of drug-likeness (QED) is 0.352. The van der Waals surface area contributed by atoms with Gasteiger partial charge in [-0.1, -0.05) is 12.1 Å². The molecule has 0 radical (unpaired) electrons. The first kappa shape index (κ1) is 23.3. The van der Waals surface area contributed by atoms with Gasteiger partial charge in [0.15, 0.2) is 5.58 Å². The third-order valence-corrected chi connectivity index (χ3v) is 6.01. The van der Waals surface area contributed by atoms with E-state index in [-0.39, 0.29) is 29.2 Å². The summed E-state index contributed by atoms with van der Waals surface area (Å²) in [7, 11) is 1.48. The molecule has 9 heteroatoms. The lowest BCUT2D eigenvalue weighted by molar-refractivity contribution is 0.277. The molecule has 3 N–H and O–H groups in total. The van der Waals surface area contributed by atoms with Crippen molar-refractivity contribution in [1.82, 2.24) is 9.55 Å². The maximum absolute atomic E-state index is 14.6. The number of aliphatic hydroxyl groups is 1. The number of aryl methyl sites for hydroxylation is 1. The highest BCUT2D eigenvalue weighted by molar-refractivity contribution is 6.10. The molecule has 0 saturated carbocycles. The fourth-order valence-electron chi connectivity index (χ4n) is 4.40. The minimum absolute atomic E-state index is 0.0692. The highest BCUT2D eigenvalue weighted by atomic mass is 19.1. The molecule has 2 aromatic carbocycles. The van der Waals surface area contributed by atoms with Crippen molar-refractivity contribution in [2.24, 2.45) is 0 Å². The van der Waals surface area contributed by atoms with E-state index in [0.29, 0.717) is 38.9 Å². The molecule has 0 amide bonds. The summed E-state index contributed by atoms with van der Waals surface area (Å²) in [6.45, 7) is 4.45. The first-order valence-electron chi connectivity index (χ1n) is 10.7. The third-order valence-electron chi connectivity index (χ3n) is 6.01. The maximum atomic E-state index is 14.6. The Bertz CT molecular complexity index is 1490. The number of methoxy groups -OCH3 is 1. The van der Waals surface area contributed by atoms with Gasteiger partial charge in [-0.2, -0.15) is 0 Å². The van der Waals surface area contributed by atoms with Crippen LogP contribution in [0.15, 0.2) is 39.5 Å². The predicted octanol–water partition coefficient (Wildman–Crippen LogP) is 4.30. The lowest BCUT2D eigenvalue weighted by Gasteiger charge is -2.19. The molecule has 0 aliphatic rings. The van der Waals surface area contributed by atoms with Gasteiger partial charge in [0.25, 0.3) is 0 Å². The highest BCUT2D eigenvalue weighted by Gasteiger charge is 2.25. The molecule has 0 aliphatic carbocycles. The summed E-state index contributed by atoms with van der Waals surface area (Å²) in [5, 5.41) is 26.8. The Morgan fingerprint density at radius 3 is 2.56 bits per heavy atom. The number of nitrogens with one attached hydrogen (secondary N) is 2. The number of halogens is 1. The van der Waals surface area contributed by atoms with Gasteiger partial charge in [0.05, 0.1) is 31.7 Å². The summed E-state index contributed by atoms with van der Waals surface area (Å²) in [6.07, 6.45) is 0. The van der Waals surface area contributed by atoms with Gasteiger partial charge in [-0.05, 0) is 44.5 Å². The fourth-order valence-corrected chi connectivity index (χ4v) is 4.40. The lowest BCUT2D eigenvalue weighted by atomic mass is 9.89. The van der Waals surface area contributed by atoms with E-state index in [1.165, 1.54) is 17.7 Å². The smallest absolute Gasteiger partial charge is 0.420 e. The minimum Gasteiger partial charge on any atom is -0.496 e. The van der Waals surface area contributed by atoms with Crippen LogP contribution in [0.2, 0.25) is 0 Å². The summed E-state index contributed by atoms with van der Waals surface area (Å²) in [5.74, 6) is -1.33. The molecule has 0 fully saturated rings. The van der Waals surface area contributed by atoms with E-state index in [0.717, 1.165) is 0 Å². The van der Waals surface area contributed by atoms with Crippen molar-refractivity contribution in [1.29, 1.82) is 10.8 Å². The van der Waals surface area contributed by atoms with Crippen LogP contribution >= 0.6 is 0 Å². The Morgan fingerprint density at radius 2 is 1.97 bits per heavy atom. The molecule has 0 saturated heterocycles. The molecular formula is C25H25FN4O4. The van der Waals surface area contributed by atoms with Gasteiger partial charge in [-0.25, -0.2) is 14.2 Å². The van der Waals surface area contributed by atoms with Crippen molar-refractivity contribution in [2.75, 3.05) is 7.11 Å². The van der Waals surface area contributed by atoms with Crippen LogP contribution in [-0.4, -0.2) is 33.2 Å². The highest BCUT2D eigenvalue weighted by Crippen LogP contribution is 2.36. The monoisotopic (exact) mass is 464 g/mol. The van der Waals surface area contributed by atoms with E-state index >= 15 is 0 Å². The zero-order chi connectivity index (χ0) is 24.7. The third kappa shape index (κ3) is 3.77. The van der Waals surface area contributed by atoms with Crippen LogP contribution in [0.4, 0.5) is 4.39 Å². The Labute approximate surface area is 194 Å². The number of rotatable bonds is 7. The van der Waals surface area contributed by atoms with Gasteiger partial charge < -0.3 is 25.1 Å². The average molecular weight is 464 g/mol. The van der Waals surface area contributed by atoms with Crippen LogP contribution in [0, 0.1) is 23.6 Å². The van der Waals surface area contributed by atoms with E-state index in [4.69, 9.17) is 20.0 Å². The van der Waals surface area contributed by atoms with Gasteiger partial charge in [0.1, 0.15) is 22.8 Å². The fraction of sp³-hybridized carbons (Fsp3) is 0.280. The van der Waals surface area contributed by atoms with Crippen LogP contribution < -0.4 is 10.5 Å². The summed E-state index contributed by atoms with van der Waals surface area (Å²) < 4.78 is 27.0. The predicted molar refractivity (Wildman–Crippen MR) is 128 cm³/mol. The second kappa shape index (κ2) is 8.83. The van der Waals surface area contributed by atoms with E-state index in [2.05, 4.69) is 4.98 Å². The van der Waals surface area contributed by atoms with Crippen molar-refractivity contribution in [2.45, 2.75) is 39.8 Å². The van der Waals surface area contributed by atoms with Crippen molar-refractivity contribution >= 4 is 33.4 Å². The van der Waals surface area contributed by atoms with Gasteiger partial charge in [0.2, 0.25) is 0 Å². The molecule has 2 heterocycles. The Balaban J connectivity index is 2.08. The Hall–Kier alpha value is -3.85. The van der Waals surface area contributed by atoms with Gasteiger partial charge in [-0.15, -0.1) is 0 Å². The number of hydrogen-bond acceptors (Lipinski definition) is 7. The number of pyridine rings is 1. The topological polar surface area (TPSA) is 125 Å². The summed E-state index contributed by atoms with van der Waals surface area (Å²) >= 11 is 0. The van der Waals surface area contributed by atoms with Crippen LogP contribution in [0.1, 0.15) is 42.1 Å². The number of nitrogens with zero attached hydrogens (tertiary/aromatic N) is 2. The number of aliphatic hydroxyl groups excluding tert-OH is 1. The molecular weight excluding hydrogens is 439 g/mol. The molecule has 0 unspecified atom stereocenters. The first-order chi connectivity index (χ1) is 16.2. The van der Waals surface area contributed by atoms with E-state index < -0.39 is 24.1 Å². The van der Waals surface area contributed by atoms with Crippen LogP contribution in [0.5, 0.6) is 5.75 Å². The Kier molecular flexibility index (Phi) is 6.05. The van der Waals surface area contributed by atoms with Gasteiger partial charge in [0, 0.05) is 27.9 Å². The standard InChI is InChI=1S/C25H25FN4O4/c1-12-6-5-7-18(26)17(12)10-30-23-15-9-21(33-4)16(22(13(2)27)14(3)28)8-19(15)29-20(11-31)24(23)34-25(30)32/h5-9,22,27-28,31H,10-11H2,1-4H3. The normalized spacial score (nSPS) is 12.3. The van der Waals surface area contributed by atoms with Crippen LogP contribution in [0.25, 0.3) is 22.0 Å². The second-order valence-corrected chi connectivity index (χ2v) is 8.29. The van der Waals surface area contributed by atoms with Crippen molar-refractivity contribution in [3.05, 3.63) is 69.1 Å². The number of ether oxygens (including phenoxy) is 1. The molecule has 4 aromatic rings. The summed E-state index contributed by atoms with van der Waals surface area (Å²) in [4.78, 5) is 17.4. The second-order valence-electron chi connectivity index (χ2n) is 8.29. The van der Waals surface area contributed by atoms with Crippen LogP contribution in [-0.2, 0) is 13.2 Å². The number of oxazole rings is 1. The molecule has 8 nitrogen and oxygen atoms in total. The number of aromatic nitrogens is 2. The van der Waals surface area contributed by atoms with E-state index in [9.17, 15) is 14.3 Å². The molecule has 4 rings (SSSR count). The average Bonchev–Trinajstić information content (AvgIpc) is 3.11. The first-order valence-corrected chi connectivity index (χ1v) is 10.7. The number of hydrogen-bond donors (Lipinski definition) is 3. The van der Waals surface area contributed by atoms with Crippen molar-refractivity contribution in [3.63, 3.8) is 0 Å². The SMILES string of the molecule is COc1cc2c(cc1C(C(C)=N)C(C)=N)nc(CO)c1oc(=O)n(Cc3c(C)cccc3F)c12. The molecule has 34 heavy (non-hydrogen) atoms. The van der Waals surface area contributed by atoms with Crippen molar-refractivity contribution in [3.8, 4) is 5.75 Å². The summed E-state index contributed by atoms with van der Waals surface area (Å²) in [6, 6.07) is 8.08. The van der Waals surface area contributed by atoms with Crippen LogP contribution in [0.3, 0.4) is 0 Å². The number of fused-ring (bicyclic) bond motifs is 3. The molecule has 2 aromatic heterocycles. The summed E-state index contributed by atoms with van der Waals surface area (Å²) in [5.41, 5.74) is 3.22. The molecule has 0 aliphatic heterocycles. The zero-order valence-electron chi connectivity index (χ0n) is 19.3. The van der Waals surface area contributed by atoms with Gasteiger partial charge in [-0.3, -0.25) is 4.57 Å². The minimum atomic E-state index is -0.701. The van der Waals surface area contributed by atoms with Gasteiger partial charge >= 0.3 is 5.76 Å². The molecule has 0 bridgehead atoms. The van der Waals surface area contributed by atoms with Crippen molar-refractivity contribution < 1.29 is 18.7 Å². The molecule has 0 spiro atoms. The molecule has 176 valence electrons. The zero-order valence-corrected chi connectivity index (χ0v) is 19.3. The number of benzene rings is 2. The Morgan fingerprint density at radius 1 is 1.26 bits per heavy atom.